The van der Waals surface area contributed by atoms with E-state index in [1.807, 2.05) is 20.8 Å². The second-order valence-electron chi connectivity index (χ2n) is 11.2. The first-order valence-corrected chi connectivity index (χ1v) is 15.8. The largest absolute Gasteiger partial charge is 0.451 e. The molecule has 0 atom stereocenters. The first kappa shape index (κ1) is 30.1. The maximum atomic E-state index is 15.4. The van der Waals surface area contributed by atoms with Crippen LogP contribution in [0.25, 0.3) is 0 Å². The molecule has 1 N–H and O–H groups in total. The summed E-state index contributed by atoms with van der Waals surface area (Å²) in [5.41, 5.74) is -1.37. The number of amides is 1. The molecule has 40 heavy (non-hydrogen) atoms. The van der Waals surface area contributed by atoms with Gasteiger partial charge in [-0.2, -0.15) is 0 Å². The summed E-state index contributed by atoms with van der Waals surface area (Å²) < 4.78 is 59.1. The zero-order valence-electron chi connectivity index (χ0n) is 23.6. The number of anilines is 1. The smallest absolute Gasteiger partial charge is 0.257 e. The number of halogens is 2. The monoisotopic (exact) mass is 579 g/mol. The quantitative estimate of drug-likeness (QED) is 0.426. The lowest BCUT2D eigenvalue weighted by Crippen LogP contribution is -2.64. The number of carbonyl (C=O) groups excluding carboxylic acids is 1. The molecule has 2 aromatic rings. The average molecular weight is 580 g/mol. The highest BCUT2D eigenvalue weighted by atomic mass is 32.2. The van der Waals surface area contributed by atoms with E-state index in [4.69, 9.17) is 4.74 Å². The van der Waals surface area contributed by atoms with Gasteiger partial charge in [0.25, 0.3) is 5.91 Å². The summed E-state index contributed by atoms with van der Waals surface area (Å²) in [5.74, 6) is 0.232. The molecule has 0 radical (unpaired) electrons. The number of aromatic nitrogens is 2. The Bertz CT molecular complexity index is 1300. The van der Waals surface area contributed by atoms with E-state index in [9.17, 15) is 17.6 Å². The first-order valence-electron chi connectivity index (χ1n) is 13.8. The Morgan fingerprint density at radius 1 is 1.23 bits per heavy atom. The van der Waals surface area contributed by atoms with E-state index in [1.54, 1.807) is 9.80 Å². The number of hydrogen-bond acceptors (Lipinski definition) is 8. The third kappa shape index (κ3) is 7.06. The Kier molecular flexibility index (Phi) is 9.29. The molecule has 1 aromatic heterocycles. The summed E-state index contributed by atoms with van der Waals surface area (Å²) in [6.45, 7) is 7.10. The third-order valence-electron chi connectivity index (χ3n) is 7.80. The van der Waals surface area contributed by atoms with Gasteiger partial charge in [-0.25, -0.2) is 27.2 Å². The molecule has 0 unspecified atom stereocenters. The standard InChI is InChI=1S/C28H39F2N5O4S/c1-5-35(19(2)3)27(36)23-12-21(29)8-11-24(23)39-25-14-32-18-33-26(25)34-16-28(30,17-34)15-31-13-20-6-9-22(10-7-20)40(4,37)38/h8,11-12,14,18-20,22,31H,5-7,9-10,13,15-17H2,1-4H3/t20-,22-. The normalized spacial score (nSPS) is 20.7. The van der Waals surface area contributed by atoms with Crippen LogP contribution in [-0.2, 0) is 9.84 Å². The molecule has 220 valence electrons. The van der Waals surface area contributed by atoms with Crippen molar-refractivity contribution in [1.29, 1.82) is 0 Å². The number of benzene rings is 1. The van der Waals surface area contributed by atoms with Gasteiger partial charge in [-0.3, -0.25) is 4.79 Å². The minimum absolute atomic E-state index is 0.0841. The zero-order chi connectivity index (χ0) is 29.1. The van der Waals surface area contributed by atoms with Crippen LogP contribution in [0, 0.1) is 11.7 Å². The maximum Gasteiger partial charge on any atom is 0.257 e. The molecule has 12 heteroatoms. The number of nitrogens with zero attached hydrogens (tertiary/aromatic N) is 4. The van der Waals surface area contributed by atoms with Gasteiger partial charge in [0.2, 0.25) is 0 Å². The number of alkyl halides is 1. The van der Waals surface area contributed by atoms with Gasteiger partial charge >= 0.3 is 0 Å². The summed E-state index contributed by atoms with van der Waals surface area (Å²) in [5, 5.41) is 2.98. The van der Waals surface area contributed by atoms with Gasteiger partial charge in [-0.15, -0.1) is 0 Å². The van der Waals surface area contributed by atoms with Gasteiger partial charge in [-0.1, -0.05) is 0 Å². The molecule has 2 heterocycles. The number of hydrogen-bond donors (Lipinski definition) is 1. The molecule has 9 nitrogen and oxygen atoms in total. The van der Waals surface area contributed by atoms with Crippen LogP contribution in [-0.4, -0.2) is 85.1 Å². The van der Waals surface area contributed by atoms with Crippen molar-refractivity contribution in [2.75, 3.05) is 43.9 Å². The van der Waals surface area contributed by atoms with Crippen molar-refractivity contribution in [3.8, 4) is 11.5 Å². The summed E-state index contributed by atoms with van der Waals surface area (Å²) in [7, 11) is -3.00. The number of sulfone groups is 1. The van der Waals surface area contributed by atoms with Crippen LogP contribution in [0.4, 0.5) is 14.6 Å². The van der Waals surface area contributed by atoms with Gasteiger partial charge in [0.15, 0.2) is 17.2 Å². The van der Waals surface area contributed by atoms with Gasteiger partial charge in [0.05, 0.1) is 30.1 Å². The van der Waals surface area contributed by atoms with E-state index in [0.717, 1.165) is 18.9 Å². The molecule has 1 saturated heterocycles. The Morgan fingerprint density at radius 3 is 2.55 bits per heavy atom. The lowest BCUT2D eigenvalue weighted by molar-refractivity contribution is 0.0713. The molecule has 0 bridgehead atoms. The minimum Gasteiger partial charge on any atom is -0.451 e. The van der Waals surface area contributed by atoms with E-state index in [0.29, 0.717) is 37.7 Å². The summed E-state index contributed by atoms with van der Waals surface area (Å²) >= 11 is 0. The van der Waals surface area contributed by atoms with E-state index >= 15 is 4.39 Å². The third-order valence-corrected chi connectivity index (χ3v) is 9.48. The molecular weight excluding hydrogens is 540 g/mol. The van der Waals surface area contributed by atoms with Gasteiger partial charge < -0.3 is 19.9 Å². The topological polar surface area (TPSA) is 105 Å². The van der Waals surface area contributed by atoms with Crippen molar-refractivity contribution in [3.05, 3.63) is 42.1 Å². The van der Waals surface area contributed by atoms with Gasteiger partial charge in [-0.05, 0) is 77.1 Å². The van der Waals surface area contributed by atoms with Crippen molar-refractivity contribution in [1.82, 2.24) is 20.2 Å². The van der Waals surface area contributed by atoms with Crippen LogP contribution in [0.5, 0.6) is 11.5 Å². The maximum absolute atomic E-state index is 15.4. The van der Waals surface area contributed by atoms with Crippen LogP contribution < -0.4 is 15.0 Å². The molecule has 1 saturated carbocycles. The number of carbonyl (C=O) groups is 1. The number of ether oxygens (including phenoxy) is 1. The van der Waals surface area contributed by atoms with Crippen LogP contribution in [0.1, 0.15) is 56.8 Å². The van der Waals surface area contributed by atoms with Gasteiger partial charge in [0.1, 0.15) is 27.7 Å². The van der Waals surface area contributed by atoms with E-state index in [2.05, 4.69) is 15.3 Å². The molecule has 1 aliphatic carbocycles. The summed E-state index contributed by atoms with van der Waals surface area (Å²) in [6, 6.07) is 3.69. The van der Waals surface area contributed by atoms with E-state index in [1.165, 1.54) is 30.9 Å². The molecule has 1 aromatic carbocycles. The second-order valence-corrected chi connectivity index (χ2v) is 13.6. The minimum atomic E-state index is -3.00. The molecule has 2 fully saturated rings. The second kappa shape index (κ2) is 12.3. The highest BCUT2D eigenvalue weighted by molar-refractivity contribution is 7.91. The molecule has 1 aliphatic heterocycles. The zero-order valence-corrected chi connectivity index (χ0v) is 24.4. The van der Waals surface area contributed by atoms with Crippen LogP contribution >= 0.6 is 0 Å². The molecular formula is C28H39F2N5O4S. The Hall–Kier alpha value is -2.86. The van der Waals surface area contributed by atoms with E-state index < -0.39 is 21.3 Å². The molecule has 2 aliphatic rings. The highest BCUT2D eigenvalue weighted by Gasteiger charge is 2.45. The first-order chi connectivity index (χ1) is 18.9. The highest BCUT2D eigenvalue weighted by Crippen LogP contribution is 2.37. The summed E-state index contributed by atoms with van der Waals surface area (Å²) in [6.07, 6.45) is 7.04. The predicted molar refractivity (Wildman–Crippen MR) is 150 cm³/mol. The Labute approximate surface area is 235 Å². The Morgan fingerprint density at radius 2 is 1.93 bits per heavy atom. The van der Waals surface area contributed by atoms with E-state index in [-0.39, 0.29) is 53.9 Å². The number of nitrogens with one attached hydrogen (secondary N) is 1. The fourth-order valence-electron chi connectivity index (χ4n) is 5.56. The Balaban J connectivity index is 1.37. The van der Waals surface area contributed by atoms with Crippen molar-refractivity contribution in [2.24, 2.45) is 5.92 Å². The van der Waals surface area contributed by atoms with Crippen LogP contribution in [0.15, 0.2) is 30.7 Å². The van der Waals surface area contributed by atoms with Gasteiger partial charge in [0, 0.05) is 25.4 Å². The lowest BCUT2D eigenvalue weighted by Gasteiger charge is -2.45. The average Bonchev–Trinajstić information content (AvgIpc) is 2.88. The molecule has 1 amide bonds. The SMILES string of the molecule is CCN(C(=O)c1cc(F)ccc1Oc1cncnc1N1CC(F)(CNC[C@H]2CC[C@H](S(C)(=O)=O)CC2)C1)C(C)C. The van der Waals surface area contributed by atoms with Crippen LogP contribution in [0.3, 0.4) is 0 Å². The fourth-order valence-corrected chi connectivity index (χ4v) is 6.69. The van der Waals surface area contributed by atoms with Crippen molar-refractivity contribution >= 4 is 21.6 Å². The van der Waals surface area contributed by atoms with Crippen molar-refractivity contribution in [3.63, 3.8) is 0 Å². The number of rotatable bonds is 11. The summed E-state index contributed by atoms with van der Waals surface area (Å²) in [4.78, 5) is 24.9. The fraction of sp³-hybridized carbons (Fsp3) is 0.607. The van der Waals surface area contributed by atoms with Crippen LogP contribution in [0.2, 0.25) is 0 Å². The lowest BCUT2D eigenvalue weighted by atomic mass is 9.88. The van der Waals surface area contributed by atoms with Crippen molar-refractivity contribution < 1.29 is 26.7 Å². The molecule has 4 rings (SSSR count). The molecule has 0 spiro atoms. The predicted octanol–water partition coefficient (Wildman–Crippen LogP) is 4.00. The van der Waals surface area contributed by atoms with Crippen molar-refractivity contribution in [2.45, 2.75) is 63.4 Å².